The van der Waals surface area contributed by atoms with Crippen LogP contribution >= 0.6 is 0 Å². The second kappa shape index (κ2) is 7.80. The van der Waals surface area contributed by atoms with Crippen LogP contribution in [0.2, 0.25) is 0 Å². The second-order valence-electron chi connectivity index (χ2n) is 6.63. The van der Waals surface area contributed by atoms with Gasteiger partial charge < -0.3 is 4.90 Å². The summed E-state index contributed by atoms with van der Waals surface area (Å²) in [5.41, 5.74) is 2.99. The Morgan fingerprint density at radius 1 is 0.889 bits per heavy atom. The Kier molecular flexibility index (Phi) is 5.46. The molecule has 0 aliphatic rings. The lowest BCUT2D eigenvalue weighted by molar-refractivity contribution is 0.601. The van der Waals surface area contributed by atoms with Crippen LogP contribution < -0.4 is 9.62 Å². The highest BCUT2D eigenvalue weighted by atomic mass is 32.2. The molecule has 0 bridgehead atoms. The van der Waals surface area contributed by atoms with E-state index in [1.807, 2.05) is 60.5 Å². The smallest absolute Gasteiger partial charge is 0.263 e. The van der Waals surface area contributed by atoms with E-state index in [0.29, 0.717) is 5.92 Å². The topological polar surface area (TPSA) is 62.3 Å². The van der Waals surface area contributed by atoms with E-state index in [1.54, 1.807) is 24.4 Å². The molecule has 0 aliphatic carbocycles. The van der Waals surface area contributed by atoms with E-state index in [9.17, 15) is 8.42 Å². The van der Waals surface area contributed by atoms with Crippen LogP contribution in [0, 0.1) is 0 Å². The van der Waals surface area contributed by atoms with Crippen molar-refractivity contribution < 1.29 is 8.42 Å². The van der Waals surface area contributed by atoms with Gasteiger partial charge >= 0.3 is 0 Å². The number of anilines is 3. The van der Waals surface area contributed by atoms with Crippen molar-refractivity contribution in [3.63, 3.8) is 0 Å². The molecule has 0 saturated carbocycles. The Balaban J connectivity index is 1.75. The highest BCUT2D eigenvalue weighted by Crippen LogP contribution is 2.24. The number of aromatic nitrogens is 1. The summed E-state index contributed by atoms with van der Waals surface area (Å²) in [6, 6.07) is 20.3. The molecule has 140 valence electrons. The molecule has 0 radical (unpaired) electrons. The zero-order chi connectivity index (χ0) is 19.4. The predicted octanol–water partition coefficient (Wildman–Crippen LogP) is 4.77. The van der Waals surface area contributed by atoms with Crippen molar-refractivity contribution in [3.8, 4) is 0 Å². The summed E-state index contributed by atoms with van der Waals surface area (Å²) in [5, 5.41) is 0. The lowest BCUT2D eigenvalue weighted by Gasteiger charge is -2.19. The van der Waals surface area contributed by atoms with Gasteiger partial charge in [-0.15, -0.1) is 0 Å². The molecule has 5 nitrogen and oxygen atoms in total. The molecule has 1 aromatic heterocycles. The summed E-state index contributed by atoms with van der Waals surface area (Å²) in [6.45, 7) is 4.14. The maximum absolute atomic E-state index is 12.6. The molecule has 0 fully saturated rings. The number of para-hydroxylation sites is 1. The third-order valence-corrected chi connectivity index (χ3v) is 5.75. The van der Waals surface area contributed by atoms with Crippen LogP contribution in [-0.2, 0) is 10.0 Å². The van der Waals surface area contributed by atoms with Crippen molar-refractivity contribution in [2.45, 2.75) is 24.7 Å². The third-order valence-electron chi connectivity index (χ3n) is 4.37. The van der Waals surface area contributed by atoms with E-state index in [2.05, 4.69) is 23.6 Å². The first kappa shape index (κ1) is 18.9. The van der Waals surface area contributed by atoms with Crippen molar-refractivity contribution in [2.75, 3.05) is 16.7 Å². The van der Waals surface area contributed by atoms with E-state index in [1.165, 1.54) is 0 Å². The molecule has 0 saturated heterocycles. The number of benzene rings is 2. The van der Waals surface area contributed by atoms with Gasteiger partial charge in [-0.25, -0.2) is 13.4 Å². The highest BCUT2D eigenvalue weighted by Gasteiger charge is 2.15. The molecule has 0 atom stereocenters. The maximum Gasteiger partial charge on any atom is 0.263 e. The zero-order valence-electron chi connectivity index (χ0n) is 15.6. The van der Waals surface area contributed by atoms with Gasteiger partial charge in [-0.3, -0.25) is 4.72 Å². The normalized spacial score (nSPS) is 11.4. The Labute approximate surface area is 160 Å². The fraction of sp³-hybridized carbons (Fsp3) is 0.190. The summed E-state index contributed by atoms with van der Waals surface area (Å²) in [5.74, 6) is 0.638. The van der Waals surface area contributed by atoms with Crippen LogP contribution in [0.5, 0.6) is 0 Å². The largest absolute Gasteiger partial charge is 0.343 e. The van der Waals surface area contributed by atoms with Crippen molar-refractivity contribution in [3.05, 3.63) is 78.5 Å². The number of sulfonamides is 1. The van der Waals surface area contributed by atoms with Crippen molar-refractivity contribution in [2.24, 2.45) is 0 Å². The molecule has 0 spiro atoms. The van der Waals surface area contributed by atoms with Gasteiger partial charge in [0.05, 0.1) is 16.8 Å². The van der Waals surface area contributed by atoms with Crippen LogP contribution in [0.4, 0.5) is 17.2 Å². The van der Waals surface area contributed by atoms with E-state index in [4.69, 9.17) is 0 Å². The van der Waals surface area contributed by atoms with Crippen molar-refractivity contribution in [1.29, 1.82) is 0 Å². The Bertz CT molecular complexity index is 984. The van der Waals surface area contributed by atoms with Gasteiger partial charge in [0.2, 0.25) is 0 Å². The van der Waals surface area contributed by atoms with Crippen LogP contribution in [0.25, 0.3) is 0 Å². The average Bonchev–Trinajstić information content (AvgIpc) is 2.68. The van der Waals surface area contributed by atoms with Crippen molar-refractivity contribution in [1.82, 2.24) is 4.98 Å². The minimum Gasteiger partial charge on any atom is -0.343 e. The lowest BCUT2D eigenvalue weighted by atomic mass is 10.0. The molecule has 3 rings (SSSR count). The Hall–Kier alpha value is -2.86. The molecule has 2 aromatic carbocycles. The van der Waals surface area contributed by atoms with E-state index in [0.717, 1.165) is 16.9 Å². The van der Waals surface area contributed by atoms with Crippen LogP contribution in [-0.4, -0.2) is 20.4 Å². The first-order valence-electron chi connectivity index (χ1n) is 8.74. The van der Waals surface area contributed by atoms with Gasteiger partial charge in [0.1, 0.15) is 5.82 Å². The van der Waals surface area contributed by atoms with Crippen molar-refractivity contribution >= 4 is 27.2 Å². The molecule has 0 aliphatic heterocycles. The highest BCUT2D eigenvalue weighted by molar-refractivity contribution is 7.92. The summed E-state index contributed by atoms with van der Waals surface area (Å²) in [4.78, 5) is 6.45. The van der Waals surface area contributed by atoms with Gasteiger partial charge in [-0.1, -0.05) is 44.2 Å². The molecule has 27 heavy (non-hydrogen) atoms. The monoisotopic (exact) mass is 381 g/mol. The van der Waals surface area contributed by atoms with E-state index in [-0.39, 0.29) is 10.7 Å². The predicted molar refractivity (Wildman–Crippen MR) is 110 cm³/mol. The SMILES string of the molecule is CC(C)c1ccc(S(=O)(=O)Nc2ccc(N(C)c3ccccc3)cn2)cc1. The van der Waals surface area contributed by atoms with E-state index < -0.39 is 10.0 Å². The third kappa shape index (κ3) is 4.46. The molecule has 0 unspecified atom stereocenters. The minimum atomic E-state index is -3.67. The number of hydrogen-bond donors (Lipinski definition) is 1. The average molecular weight is 382 g/mol. The lowest BCUT2D eigenvalue weighted by Crippen LogP contribution is -2.14. The van der Waals surface area contributed by atoms with Gasteiger partial charge in [0.15, 0.2) is 0 Å². The molecule has 1 N–H and O–H groups in total. The number of rotatable bonds is 6. The molecule has 3 aromatic rings. The summed E-state index contributed by atoms with van der Waals surface area (Å²) >= 11 is 0. The Morgan fingerprint density at radius 3 is 2.11 bits per heavy atom. The maximum atomic E-state index is 12.6. The summed E-state index contributed by atoms with van der Waals surface area (Å²) < 4.78 is 27.7. The van der Waals surface area contributed by atoms with Crippen LogP contribution in [0.15, 0.2) is 77.8 Å². The van der Waals surface area contributed by atoms with Crippen LogP contribution in [0.1, 0.15) is 25.3 Å². The number of nitrogens with zero attached hydrogens (tertiary/aromatic N) is 2. The number of pyridine rings is 1. The summed E-state index contributed by atoms with van der Waals surface area (Å²) in [7, 11) is -1.73. The van der Waals surface area contributed by atoms with Gasteiger partial charge in [-0.05, 0) is 47.9 Å². The Morgan fingerprint density at radius 2 is 1.56 bits per heavy atom. The van der Waals surface area contributed by atoms with Gasteiger partial charge in [0.25, 0.3) is 10.0 Å². The van der Waals surface area contributed by atoms with Gasteiger partial charge in [0, 0.05) is 12.7 Å². The minimum absolute atomic E-state index is 0.221. The van der Waals surface area contributed by atoms with Gasteiger partial charge in [-0.2, -0.15) is 0 Å². The molecular formula is C21H23N3O2S. The first-order valence-corrected chi connectivity index (χ1v) is 10.2. The first-order chi connectivity index (χ1) is 12.9. The molecular weight excluding hydrogens is 358 g/mol. The quantitative estimate of drug-likeness (QED) is 0.668. The van der Waals surface area contributed by atoms with E-state index >= 15 is 0 Å². The number of hydrogen-bond acceptors (Lipinski definition) is 4. The zero-order valence-corrected chi connectivity index (χ0v) is 16.4. The molecule has 1 heterocycles. The standard InChI is InChI=1S/C21H23N3O2S/c1-16(2)17-9-12-20(13-10-17)27(25,26)23-21-14-11-19(15-22-21)24(3)18-7-5-4-6-8-18/h4-16H,1-3H3,(H,22,23). The fourth-order valence-electron chi connectivity index (χ4n) is 2.67. The number of nitrogens with one attached hydrogen (secondary N) is 1. The summed E-state index contributed by atoms with van der Waals surface area (Å²) in [6.07, 6.45) is 1.65. The molecule has 6 heteroatoms. The fourth-order valence-corrected chi connectivity index (χ4v) is 3.68. The van der Waals surface area contributed by atoms with Crippen LogP contribution in [0.3, 0.4) is 0 Å². The molecule has 0 amide bonds. The second-order valence-corrected chi connectivity index (χ2v) is 8.31.